The molecule has 0 saturated heterocycles. The highest BCUT2D eigenvalue weighted by molar-refractivity contribution is 7.92. The van der Waals surface area contributed by atoms with E-state index in [0.717, 1.165) is 48.4 Å². The molecule has 32 heavy (non-hydrogen) atoms. The number of aromatic nitrogens is 2. The first kappa shape index (κ1) is 22.6. The topological polar surface area (TPSA) is 76.0 Å². The molecule has 7 heteroatoms. The van der Waals surface area contributed by atoms with E-state index in [1.54, 1.807) is 16.8 Å². The molecule has 2 aromatic carbocycles. The summed E-state index contributed by atoms with van der Waals surface area (Å²) in [7, 11) is -1.88. The molecular weight excluding hydrogens is 420 g/mol. The summed E-state index contributed by atoms with van der Waals surface area (Å²) in [5, 5.41) is 7.97. The summed E-state index contributed by atoms with van der Waals surface area (Å²) in [5.74, 6) is 0.378. The number of rotatable bonds is 6. The van der Waals surface area contributed by atoms with Crippen molar-refractivity contribution in [3.05, 3.63) is 65.0 Å². The van der Waals surface area contributed by atoms with Gasteiger partial charge in [0.25, 0.3) is 10.0 Å². The molecule has 0 amide bonds. The summed E-state index contributed by atoms with van der Waals surface area (Å²) in [6, 6.07) is 13.7. The van der Waals surface area contributed by atoms with Crippen molar-refractivity contribution in [2.75, 3.05) is 11.3 Å². The second kappa shape index (κ2) is 9.08. The van der Waals surface area contributed by atoms with Gasteiger partial charge in [0.1, 0.15) is 0 Å². The van der Waals surface area contributed by atoms with E-state index in [9.17, 15) is 8.42 Å². The molecule has 0 atom stereocenters. The van der Waals surface area contributed by atoms with Crippen molar-refractivity contribution in [2.24, 2.45) is 13.0 Å². The van der Waals surface area contributed by atoms with Crippen LogP contribution in [0.4, 0.5) is 5.69 Å². The smallest absolute Gasteiger partial charge is 0.262 e. The predicted octanol–water partition coefficient (Wildman–Crippen LogP) is 4.43. The van der Waals surface area contributed by atoms with Crippen LogP contribution in [0.2, 0.25) is 0 Å². The van der Waals surface area contributed by atoms with Gasteiger partial charge in [0, 0.05) is 13.6 Å². The molecule has 0 bridgehead atoms. The Morgan fingerprint density at radius 1 is 1.09 bits per heavy atom. The zero-order valence-electron chi connectivity index (χ0n) is 19.3. The lowest BCUT2D eigenvalue weighted by molar-refractivity contribution is 0.600. The molecule has 2 heterocycles. The van der Waals surface area contributed by atoms with E-state index in [-0.39, 0.29) is 4.90 Å². The Bertz CT molecular complexity index is 1210. The third-order valence-corrected chi connectivity index (χ3v) is 7.43. The average molecular weight is 453 g/mol. The number of sulfonamides is 1. The van der Waals surface area contributed by atoms with E-state index >= 15 is 0 Å². The van der Waals surface area contributed by atoms with E-state index in [4.69, 9.17) is 0 Å². The quantitative estimate of drug-likeness (QED) is 0.580. The number of nitrogens with zero attached hydrogens (tertiary/aromatic N) is 2. The van der Waals surface area contributed by atoms with Crippen LogP contribution in [0.15, 0.2) is 47.4 Å². The summed E-state index contributed by atoms with van der Waals surface area (Å²) in [6.45, 7) is 7.99. The van der Waals surface area contributed by atoms with Crippen LogP contribution in [-0.2, 0) is 36.5 Å². The summed E-state index contributed by atoms with van der Waals surface area (Å²) in [5.41, 5.74) is 7.00. The van der Waals surface area contributed by atoms with E-state index in [1.165, 1.54) is 11.1 Å². The molecule has 0 fully saturated rings. The summed E-state index contributed by atoms with van der Waals surface area (Å²) < 4.78 is 30.8. The fourth-order valence-electron chi connectivity index (χ4n) is 4.20. The van der Waals surface area contributed by atoms with Crippen LogP contribution in [0.5, 0.6) is 0 Å². The maximum absolute atomic E-state index is 13.1. The van der Waals surface area contributed by atoms with Gasteiger partial charge in [0.2, 0.25) is 0 Å². The van der Waals surface area contributed by atoms with Gasteiger partial charge in [0.05, 0.1) is 22.0 Å². The maximum Gasteiger partial charge on any atom is 0.262 e. The lowest BCUT2D eigenvalue weighted by Gasteiger charge is -2.12. The second-order valence-corrected chi connectivity index (χ2v) is 10.7. The van der Waals surface area contributed by atoms with E-state index in [0.29, 0.717) is 18.0 Å². The van der Waals surface area contributed by atoms with Gasteiger partial charge in [-0.05, 0) is 79.1 Å². The molecule has 0 aliphatic carbocycles. The van der Waals surface area contributed by atoms with E-state index in [2.05, 4.69) is 47.2 Å². The molecule has 1 aromatic heterocycles. The molecule has 2 N–H and O–H groups in total. The Labute approximate surface area is 191 Å². The van der Waals surface area contributed by atoms with Crippen molar-refractivity contribution in [3.63, 3.8) is 0 Å². The molecule has 3 aromatic rings. The van der Waals surface area contributed by atoms with Crippen LogP contribution in [0.25, 0.3) is 11.1 Å². The van der Waals surface area contributed by atoms with Gasteiger partial charge in [-0.25, -0.2) is 8.42 Å². The summed E-state index contributed by atoms with van der Waals surface area (Å²) >= 11 is 0. The summed E-state index contributed by atoms with van der Waals surface area (Å²) in [4.78, 5) is 0.247. The predicted molar refractivity (Wildman–Crippen MR) is 129 cm³/mol. The Kier molecular flexibility index (Phi) is 6.40. The normalized spacial score (nSPS) is 14.3. The van der Waals surface area contributed by atoms with E-state index in [1.807, 2.05) is 26.1 Å². The Hall–Kier alpha value is -2.64. The Morgan fingerprint density at radius 2 is 1.81 bits per heavy atom. The molecule has 0 unspecified atom stereocenters. The highest BCUT2D eigenvalue weighted by Crippen LogP contribution is 2.28. The molecule has 6 nitrogen and oxygen atoms in total. The van der Waals surface area contributed by atoms with Gasteiger partial charge in [-0.3, -0.25) is 9.40 Å². The van der Waals surface area contributed by atoms with Gasteiger partial charge in [-0.2, -0.15) is 5.10 Å². The van der Waals surface area contributed by atoms with Gasteiger partial charge in [-0.15, -0.1) is 0 Å². The minimum absolute atomic E-state index is 0.247. The van der Waals surface area contributed by atoms with Crippen LogP contribution in [0.1, 0.15) is 42.8 Å². The maximum atomic E-state index is 13.1. The summed E-state index contributed by atoms with van der Waals surface area (Å²) in [6.07, 6.45) is 2.96. The van der Waals surface area contributed by atoms with Crippen LogP contribution in [0, 0.1) is 12.8 Å². The van der Waals surface area contributed by atoms with Crippen molar-refractivity contribution < 1.29 is 8.42 Å². The molecular formula is C25H32N4O2S. The number of benzene rings is 2. The van der Waals surface area contributed by atoms with Crippen molar-refractivity contribution in [1.29, 1.82) is 0 Å². The zero-order chi connectivity index (χ0) is 22.9. The first-order valence-corrected chi connectivity index (χ1v) is 12.7. The number of hydrogen-bond acceptors (Lipinski definition) is 4. The molecule has 0 spiro atoms. The SMILES string of the molecule is Cc1c(NS(=O)(=O)c2ccc(-c3ccc4c(c3)CNCCC4)cc2)c(CC(C)C)nn1C. The van der Waals surface area contributed by atoms with Crippen LogP contribution >= 0.6 is 0 Å². The number of hydrogen-bond donors (Lipinski definition) is 2. The standard InChI is InChI=1S/C25H32N4O2S/c1-17(2)14-24-25(18(3)29(4)27-24)28-32(30,31)23-11-9-20(10-12-23)21-8-7-19-6-5-13-26-16-22(19)15-21/h7-12,15,17,26,28H,5-6,13-14,16H2,1-4H3. The lowest BCUT2D eigenvalue weighted by Crippen LogP contribution is -2.15. The van der Waals surface area contributed by atoms with Crippen molar-refractivity contribution >= 4 is 15.7 Å². The monoisotopic (exact) mass is 452 g/mol. The Morgan fingerprint density at radius 3 is 2.53 bits per heavy atom. The van der Waals surface area contributed by atoms with Gasteiger partial charge >= 0.3 is 0 Å². The third kappa shape index (κ3) is 4.74. The fourth-order valence-corrected chi connectivity index (χ4v) is 5.35. The molecule has 1 aliphatic rings. The van der Waals surface area contributed by atoms with Gasteiger partial charge in [0.15, 0.2) is 0 Å². The molecule has 4 rings (SSSR count). The second-order valence-electron chi connectivity index (χ2n) is 9.02. The molecule has 0 radical (unpaired) electrons. The van der Waals surface area contributed by atoms with Crippen LogP contribution in [-0.4, -0.2) is 24.7 Å². The highest BCUT2D eigenvalue weighted by atomic mass is 32.2. The molecule has 1 aliphatic heterocycles. The third-order valence-electron chi connectivity index (χ3n) is 6.06. The molecule has 170 valence electrons. The average Bonchev–Trinajstić information content (AvgIpc) is 2.93. The van der Waals surface area contributed by atoms with Gasteiger partial charge in [-0.1, -0.05) is 38.1 Å². The number of fused-ring (bicyclic) bond motifs is 1. The number of anilines is 1. The van der Waals surface area contributed by atoms with Crippen LogP contribution in [0.3, 0.4) is 0 Å². The van der Waals surface area contributed by atoms with Crippen molar-refractivity contribution in [2.45, 2.75) is 51.5 Å². The fraction of sp³-hybridized carbons (Fsp3) is 0.400. The van der Waals surface area contributed by atoms with Crippen molar-refractivity contribution in [3.8, 4) is 11.1 Å². The number of aryl methyl sites for hydroxylation is 2. The first-order chi connectivity index (χ1) is 15.2. The highest BCUT2D eigenvalue weighted by Gasteiger charge is 2.21. The van der Waals surface area contributed by atoms with Crippen molar-refractivity contribution in [1.82, 2.24) is 15.1 Å². The Balaban J connectivity index is 1.59. The lowest BCUT2D eigenvalue weighted by atomic mass is 9.97. The van der Waals surface area contributed by atoms with E-state index < -0.39 is 10.0 Å². The minimum atomic E-state index is -3.71. The van der Waals surface area contributed by atoms with Crippen LogP contribution < -0.4 is 10.0 Å². The largest absolute Gasteiger partial charge is 0.313 e. The first-order valence-electron chi connectivity index (χ1n) is 11.2. The molecule has 0 saturated carbocycles. The van der Waals surface area contributed by atoms with Gasteiger partial charge < -0.3 is 5.32 Å². The zero-order valence-corrected chi connectivity index (χ0v) is 20.1. The number of nitrogens with one attached hydrogen (secondary N) is 2. The minimum Gasteiger partial charge on any atom is -0.313 e.